The second kappa shape index (κ2) is 4.80. The molecule has 1 nitrogen and oxygen atoms in total. The number of hydrogen-bond acceptors (Lipinski definition) is 1. The van der Waals surface area contributed by atoms with E-state index in [-0.39, 0.29) is 0 Å². The van der Waals surface area contributed by atoms with Crippen molar-refractivity contribution in [3.05, 3.63) is 12.2 Å². The highest BCUT2D eigenvalue weighted by Gasteiger charge is 2.32. The minimum Gasteiger partial charge on any atom is -0.330 e. The number of rotatable bonds is 4. The van der Waals surface area contributed by atoms with E-state index in [1.54, 1.807) is 0 Å². The molecule has 0 unspecified atom stereocenters. The van der Waals surface area contributed by atoms with Crippen LogP contribution in [0.15, 0.2) is 12.2 Å². The molecule has 0 heterocycles. The number of hydrogen-bond donors (Lipinski definition) is 1. The first-order valence-electron chi connectivity index (χ1n) is 5.63. The molecular weight excluding hydrogens is 158 g/mol. The number of nitrogens with two attached hydrogens (primary N) is 1. The fraction of sp³-hybridized carbons (Fsp3) is 0.833. The van der Waals surface area contributed by atoms with E-state index in [0.29, 0.717) is 5.41 Å². The lowest BCUT2D eigenvalue weighted by atomic mass is 9.68. The van der Waals surface area contributed by atoms with Crippen LogP contribution >= 0.6 is 0 Å². The molecule has 1 aliphatic carbocycles. The summed E-state index contributed by atoms with van der Waals surface area (Å²) >= 11 is 0. The molecule has 0 saturated heterocycles. The molecule has 0 aromatic carbocycles. The van der Waals surface area contributed by atoms with E-state index in [1.165, 1.54) is 44.1 Å². The lowest BCUT2D eigenvalue weighted by Crippen LogP contribution is -2.34. The Balaban J connectivity index is 2.61. The molecule has 76 valence electrons. The summed E-state index contributed by atoms with van der Waals surface area (Å²) in [6.07, 6.45) is 9.02. The van der Waals surface area contributed by atoms with E-state index >= 15 is 0 Å². The summed E-state index contributed by atoms with van der Waals surface area (Å²) in [6, 6.07) is 0. The van der Waals surface area contributed by atoms with Crippen molar-refractivity contribution in [3.8, 4) is 0 Å². The first-order valence-corrected chi connectivity index (χ1v) is 5.63. The zero-order valence-corrected chi connectivity index (χ0v) is 8.94. The molecule has 0 amide bonds. The summed E-state index contributed by atoms with van der Waals surface area (Å²) in [7, 11) is 0. The summed E-state index contributed by atoms with van der Waals surface area (Å²) in [5, 5.41) is 0. The Morgan fingerprint density at radius 3 is 2.38 bits per heavy atom. The monoisotopic (exact) mass is 181 g/mol. The molecule has 1 aliphatic rings. The standard InChI is InChI=1S/C12H23N/c1-3-7-11(2)12(10-13)8-5-4-6-9-12/h2-10,13H2,1H3. The SMILES string of the molecule is C=C(CCC)C1(CN)CCCCC1. The minimum atomic E-state index is 0.314. The molecule has 1 saturated carbocycles. The normalized spacial score (nSPS) is 21.4. The largest absolute Gasteiger partial charge is 0.330 e. The van der Waals surface area contributed by atoms with Crippen molar-refractivity contribution < 1.29 is 0 Å². The Morgan fingerprint density at radius 1 is 1.31 bits per heavy atom. The lowest BCUT2D eigenvalue weighted by Gasteiger charge is -2.38. The van der Waals surface area contributed by atoms with Crippen LogP contribution in [-0.2, 0) is 0 Å². The van der Waals surface area contributed by atoms with Gasteiger partial charge in [0.05, 0.1) is 0 Å². The van der Waals surface area contributed by atoms with Crippen molar-refractivity contribution in [2.24, 2.45) is 11.1 Å². The molecule has 0 bridgehead atoms. The van der Waals surface area contributed by atoms with Gasteiger partial charge in [0.1, 0.15) is 0 Å². The average Bonchev–Trinajstić information content (AvgIpc) is 2.19. The Bertz CT molecular complexity index is 166. The molecule has 0 atom stereocenters. The van der Waals surface area contributed by atoms with Crippen LogP contribution < -0.4 is 5.73 Å². The smallest absolute Gasteiger partial charge is 0.00318 e. The molecule has 0 aromatic heterocycles. The van der Waals surface area contributed by atoms with Gasteiger partial charge in [-0.25, -0.2) is 0 Å². The van der Waals surface area contributed by atoms with E-state index in [2.05, 4.69) is 13.5 Å². The van der Waals surface area contributed by atoms with Crippen LogP contribution in [0.5, 0.6) is 0 Å². The molecule has 0 radical (unpaired) electrons. The van der Waals surface area contributed by atoms with Crippen LogP contribution in [0.3, 0.4) is 0 Å². The molecule has 13 heavy (non-hydrogen) atoms. The van der Waals surface area contributed by atoms with Crippen LogP contribution in [-0.4, -0.2) is 6.54 Å². The Morgan fingerprint density at radius 2 is 1.92 bits per heavy atom. The van der Waals surface area contributed by atoms with Crippen molar-refractivity contribution in [3.63, 3.8) is 0 Å². The lowest BCUT2D eigenvalue weighted by molar-refractivity contribution is 0.242. The van der Waals surface area contributed by atoms with Gasteiger partial charge in [0, 0.05) is 12.0 Å². The predicted octanol–water partition coefficient (Wildman–Crippen LogP) is 3.25. The maximum Gasteiger partial charge on any atom is 0.00318 e. The van der Waals surface area contributed by atoms with Crippen molar-refractivity contribution in [1.29, 1.82) is 0 Å². The highest BCUT2D eigenvalue weighted by molar-refractivity contribution is 5.12. The van der Waals surface area contributed by atoms with Gasteiger partial charge < -0.3 is 5.73 Å². The summed E-state index contributed by atoms with van der Waals surface area (Å²) in [6.45, 7) is 7.26. The first kappa shape index (κ1) is 10.8. The predicted molar refractivity (Wildman–Crippen MR) is 58.6 cm³/mol. The molecule has 0 spiro atoms. The topological polar surface area (TPSA) is 26.0 Å². The van der Waals surface area contributed by atoms with Gasteiger partial charge in [-0.05, 0) is 19.3 Å². The Labute approximate surface area is 82.4 Å². The molecule has 1 heteroatoms. The Kier molecular flexibility index (Phi) is 3.98. The van der Waals surface area contributed by atoms with Gasteiger partial charge in [0.2, 0.25) is 0 Å². The fourth-order valence-electron chi connectivity index (χ4n) is 2.50. The third kappa shape index (κ3) is 2.34. The third-order valence-electron chi connectivity index (χ3n) is 3.50. The molecule has 1 rings (SSSR count). The molecular formula is C12H23N. The van der Waals surface area contributed by atoms with Gasteiger partial charge in [-0.3, -0.25) is 0 Å². The zero-order chi connectivity index (χ0) is 9.73. The van der Waals surface area contributed by atoms with Gasteiger partial charge in [-0.15, -0.1) is 0 Å². The minimum absolute atomic E-state index is 0.314. The van der Waals surface area contributed by atoms with Crippen molar-refractivity contribution in [2.75, 3.05) is 6.54 Å². The van der Waals surface area contributed by atoms with Crippen LogP contribution in [0.25, 0.3) is 0 Å². The second-order valence-electron chi connectivity index (χ2n) is 4.40. The zero-order valence-electron chi connectivity index (χ0n) is 8.94. The summed E-state index contributed by atoms with van der Waals surface area (Å²) in [5.41, 5.74) is 7.64. The Hall–Kier alpha value is -0.300. The van der Waals surface area contributed by atoms with Crippen LogP contribution in [0.2, 0.25) is 0 Å². The van der Waals surface area contributed by atoms with E-state index in [1.807, 2.05) is 0 Å². The summed E-state index contributed by atoms with van der Waals surface area (Å²) < 4.78 is 0. The van der Waals surface area contributed by atoms with Crippen molar-refractivity contribution in [2.45, 2.75) is 51.9 Å². The van der Waals surface area contributed by atoms with E-state index in [0.717, 1.165) is 13.0 Å². The first-order chi connectivity index (χ1) is 6.25. The summed E-state index contributed by atoms with van der Waals surface area (Å²) in [5.74, 6) is 0. The summed E-state index contributed by atoms with van der Waals surface area (Å²) in [4.78, 5) is 0. The maximum absolute atomic E-state index is 5.91. The van der Waals surface area contributed by atoms with Crippen LogP contribution in [0, 0.1) is 5.41 Å². The van der Waals surface area contributed by atoms with Gasteiger partial charge in [0.25, 0.3) is 0 Å². The van der Waals surface area contributed by atoms with Gasteiger partial charge in [0.15, 0.2) is 0 Å². The van der Waals surface area contributed by atoms with Crippen LogP contribution in [0.1, 0.15) is 51.9 Å². The van der Waals surface area contributed by atoms with Gasteiger partial charge in [-0.1, -0.05) is 44.8 Å². The molecule has 0 aromatic rings. The van der Waals surface area contributed by atoms with E-state index in [9.17, 15) is 0 Å². The highest BCUT2D eigenvalue weighted by Crippen LogP contribution is 2.42. The molecule has 1 fully saturated rings. The average molecular weight is 181 g/mol. The second-order valence-corrected chi connectivity index (χ2v) is 4.40. The van der Waals surface area contributed by atoms with E-state index in [4.69, 9.17) is 5.73 Å². The molecule has 2 N–H and O–H groups in total. The van der Waals surface area contributed by atoms with Crippen molar-refractivity contribution in [1.82, 2.24) is 0 Å². The maximum atomic E-state index is 5.91. The van der Waals surface area contributed by atoms with Gasteiger partial charge in [-0.2, -0.15) is 0 Å². The van der Waals surface area contributed by atoms with Gasteiger partial charge >= 0.3 is 0 Å². The van der Waals surface area contributed by atoms with E-state index < -0.39 is 0 Å². The third-order valence-corrected chi connectivity index (χ3v) is 3.50. The quantitative estimate of drug-likeness (QED) is 0.662. The van der Waals surface area contributed by atoms with Crippen molar-refractivity contribution >= 4 is 0 Å². The fourth-order valence-corrected chi connectivity index (χ4v) is 2.50. The molecule has 0 aliphatic heterocycles. The highest BCUT2D eigenvalue weighted by atomic mass is 14.6. The van der Waals surface area contributed by atoms with Crippen LogP contribution in [0.4, 0.5) is 0 Å².